The van der Waals surface area contributed by atoms with Gasteiger partial charge in [0, 0.05) is 44.7 Å². The second-order valence-corrected chi connectivity index (χ2v) is 8.52. The van der Waals surface area contributed by atoms with Crippen molar-refractivity contribution < 1.29 is 4.79 Å². The zero-order valence-electron chi connectivity index (χ0n) is 17.4. The van der Waals surface area contributed by atoms with Crippen LogP contribution in [0.1, 0.15) is 58.8 Å². The van der Waals surface area contributed by atoms with Gasteiger partial charge >= 0.3 is 0 Å². The van der Waals surface area contributed by atoms with Gasteiger partial charge < -0.3 is 20.4 Å². The van der Waals surface area contributed by atoms with Crippen molar-refractivity contribution in [2.45, 2.75) is 64.8 Å². The maximum atomic E-state index is 12.8. The summed E-state index contributed by atoms with van der Waals surface area (Å²) in [5, 5.41) is 6.97. The Morgan fingerprint density at radius 3 is 2.56 bits per heavy atom. The molecule has 0 aromatic heterocycles. The molecule has 2 saturated heterocycles. The predicted molar refractivity (Wildman–Crippen MR) is 111 cm³/mol. The van der Waals surface area contributed by atoms with Crippen LogP contribution in [0, 0.1) is 11.8 Å². The van der Waals surface area contributed by atoms with Crippen molar-refractivity contribution in [1.29, 1.82) is 0 Å². The Morgan fingerprint density at radius 1 is 1.04 bits per heavy atom. The molecule has 27 heavy (non-hydrogen) atoms. The summed E-state index contributed by atoms with van der Waals surface area (Å²) in [6, 6.07) is 0.325. The Bertz CT molecular complexity index is 503. The largest absolute Gasteiger partial charge is 0.357 e. The average Bonchev–Trinajstić information content (AvgIpc) is 3.36. The second kappa shape index (κ2) is 10.3. The molecule has 1 saturated carbocycles. The lowest BCUT2D eigenvalue weighted by atomic mass is 9.88. The van der Waals surface area contributed by atoms with E-state index in [0.29, 0.717) is 17.9 Å². The third-order valence-corrected chi connectivity index (χ3v) is 6.46. The van der Waals surface area contributed by atoms with Gasteiger partial charge in [0.15, 0.2) is 5.96 Å². The van der Waals surface area contributed by atoms with Gasteiger partial charge in [-0.3, -0.25) is 9.79 Å². The summed E-state index contributed by atoms with van der Waals surface area (Å²) in [6.45, 7) is 11.3. The standard InChI is InChI=1S/C21H39N5O/c1-3-22-21(23-14-17-10-12-25(4-2)15-17)24-19-11-13-26(16-19)20(27)18-8-6-5-7-9-18/h17-19H,3-16H2,1-2H3,(H2,22,23,24). The first kappa shape index (κ1) is 20.4. The fraction of sp³-hybridized carbons (Fsp3) is 0.905. The zero-order valence-corrected chi connectivity index (χ0v) is 17.4. The minimum Gasteiger partial charge on any atom is -0.357 e. The summed E-state index contributed by atoms with van der Waals surface area (Å²) >= 11 is 0. The van der Waals surface area contributed by atoms with Gasteiger partial charge in [-0.2, -0.15) is 0 Å². The van der Waals surface area contributed by atoms with Crippen LogP contribution in [0.2, 0.25) is 0 Å². The van der Waals surface area contributed by atoms with Crippen molar-refractivity contribution in [2.75, 3.05) is 45.8 Å². The SMILES string of the molecule is CCNC(=NCC1CCN(CC)C1)NC1CCN(C(=O)C2CCCCC2)C1. The highest BCUT2D eigenvalue weighted by molar-refractivity contribution is 5.81. The first-order valence-corrected chi connectivity index (χ1v) is 11.3. The summed E-state index contributed by atoms with van der Waals surface area (Å²) in [5.74, 6) is 2.27. The molecule has 0 spiro atoms. The van der Waals surface area contributed by atoms with E-state index in [0.717, 1.165) is 57.9 Å². The van der Waals surface area contributed by atoms with E-state index >= 15 is 0 Å². The zero-order chi connectivity index (χ0) is 19.1. The first-order chi connectivity index (χ1) is 13.2. The molecule has 6 nitrogen and oxygen atoms in total. The lowest BCUT2D eigenvalue weighted by Crippen LogP contribution is -2.45. The van der Waals surface area contributed by atoms with E-state index in [1.165, 1.54) is 38.8 Å². The highest BCUT2D eigenvalue weighted by atomic mass is 16.2. The van der Waals surface area contributed by atoms with Crippen LogP contribution in [0.4, 0.5) is 0 Å². The molecule has 0 aromatic carbocycles. The fourth-order valence-corrected chi connectivity index (χ4v) is 4.77. The molecule has 3 fully saturated rings. The van der Waals surface area contributed by atoms with Crippen LogP contribution >= 0.6 is 0 Å². The summed E-state index contributed by atoms with van der Waals surface area (Å²) in [7, 11) is 0. The van der Waals surface area contributed by atoms with Crippen LogP contribution in [-0.4, -0.2) is 73.5 Å². The molecule has 2 unspecified atom stereocenters. The molecule has 3 rings (SSSR count). The molecule has 6 heteroatoms. The number of nitrogens with zero attached hydrogens (tertiary/aromatic N) is 3. The average molecular weight is 378 g/mol. The molecule has 2 N–H and O–H groups in total. The van der Waals surface area contributed by atoms with Crippen LogP contribution in [-0.2, 0) is 4.79 Å². The Balaban J connectivity index is 1.46. The third kappa shape index (κ3) is 5.84. The lowest BCUT2D eigenvalue weighted by molar-refractivity contribution is -0.135. The molecule has 1 aliphatic carbocycles. The van der Waals surface area contributed by atoms with Gasteiger partial charge in [-0.25, -0.2) is 0 Å². The van der Waals surface area contributed by atoms with Gasteiger partial charge in [0.1, 0.15) is 0 Å². The topological polar surface area (TPSA) is 60.0 Å². The van der Waals surface area contributed by atoms with Crippen molar-refractivity contribution in [3.05, 3.63) is 0 Å². The van der Waals surface area contributed by atoms with Gasteiger partial charge in [-0.05, 0) is 51.6 Å². The third-order valence-electron chi connectivity index (χ3n) is 6.46. The molecule has 2 heterocycles. The van der Waals surface area contributed by atoms with Gasteiger partial charge in [-0.1, -0.05) is 26.2 Å². The lowest BCUT2D eigenvalue weighted by Gasteiger charge is -2.26. The van der Waals surface area contributed by atoms with E-state index < -0.39 is 0 Å². The quantitative estimate of drug-likeness (QED) is 0.549. The number of hydrogen-bond donors (Lipinski definition) is 2. The molecule has 0 aromatic rings. The molecule has 1 amide bonds. The Morgan fingerprint density at radius 2 is 1.85 bits per heavy atom. The highest BCUT2D eigenvalue weighted by Gasteiger charge is 2.31. The summed E-state index contributed by atoms with van der Waals surface area (Å²) in [5.41, 5.74) is 0. The summed E-state index contributed by atoms with van der Waals surface area (Å²) in [4.78, 5) is 22.2. The van der Waals surface area contributed by atoms with E-state index in [-0.39, 0.29) is 5.92 Å². The van der Waals surface area contributed by atoms with E-state index in [1.807, 2.05) is 0 Å². The number of nitrogens with one attached hydrogen (secondary N) is 2. The minimum absolute atomic E-state index is 0.281. The number of carbonyl (C=O) groups excluding carboxylic acids is 1. The van der Waals surface area contributed by atoms with Gasteiger partial charge in [0.25, 0.3) is 0 Å². The first-order valence-electron chi connectivity index (χ1n) is 11.3. The molecular formula is C21H39N5O. The van der Waals surface area contributed by atoms with Crippen molar-refractivity contribution in [1.82, 2.24) is 20.4 Å². The fourth-order valence-electron chi connectivity index (χ4n) is 4.77. The molecule has 2 aliphatic heterocycles. The molecule has 154 valence electrons. The van der Waals surface area contributed by atoms with E-state index in [1.54, 1.807) is 0 Å². The monoisotopic (exact) mass is 377 g/mol. The van der Waals surface area contributed by atoms with Crippen molar-refractivity contribution in [2.24, 2.45) is 16.8 Å². The van der Waals surface area contributed by atoms with Crippen molar-refractivity contribution in [3.8, 4) is 0 Å². The van der Waals surface area contributed by atoms with Crippen LogP contribution in [0.5, 0.6) is 0 Å². The number of carbonyl (C=O) groups is 1. The Hall–Kier alpha value is -1.30. The van der Waals surface area contributed by atoms with Crippen LogP contribution in [0.15, 0.2) is 4.99 Å². The maximum Gasteiger partial charge on any atom is 0.225 e. The minimum atomic E-state index is 0.281. The molecule has 3 aliphatic rings. The number of aliphatic imine (C=N–C) groups is 1. The van der Waals surface area contributed by atoms with Crippen molar-refractivity contribution >= 4 is 11.9 Å². The second-order valence-electron chi connectivity index (χ2n) is 8.52. The van der Waals surface area contributed by atoms with Gasteiger partial charge in [0.2, 0.25) is 5.91 Å². The van der Waals surface area contributed by atoms with Crippen molar-refractivity contribution in [3.63, 3.8) is 0 Å². The van der Waals surface area contributed by atoms with E-state index in [9.17, 15) is 4.79 Å². The Labute approximate surface area is 165 Å². The smallest absolute Gasteiger partial charge is 0.225 e. The van der Waals surface area contributed by atoms with Gasteiger partial charge in [0.05, 0.1) is 0 Å². The predicted octanol–water partition coefficient (Wildman–Crippen LogP) is 2.06. The van der Waals surface area contributed by atoms with Crippen LogP contribution < -0.4 is 10.6 Å². The number of amides is 1. The number of likely N-dealkylation sites (tertiary alicyclic amines) is 2. The molecule has 0 bridgehead atoms. The van der Waals surface area contributed by atoms with E-state index in [2.05, 4.69) is 34.3 Å². The summed E-state index contributed by atoms with van der Waals surface area (Å²) < 4.78 is 0. The molecule has 0 radical (unpaired) electrons. The maximum absolute atomic E-state index is 12.8. The number of hydrogen-bond acceptors (Lipinski definition) is 3. The van der Waals surface area contributed by atoms with Crippen LogP contribution in [0.25, 0.3) is 0 Å². The molecular weight excluding hydrogens is 338 g/mol. The Kier molecular flexibility index (Phi) is 7.80. The van der Waals surface area contributed by atoms with Gasteiger partial charge in [-0.15, -0.1) is 0 Å². The van der Waals surface area contributed by atoms with E-state index in [4.69, 9.17) is 4.99 Å². The molecule has 2 atom stereocenters. The normalized spacial score (nSPS) is 27.9. The number of rotatable bonds is 6. The summed E-state index contributed by atoms with van der Waals surface area (Å²) in [6.07, 6.45) is 8.20. The highest BCUT2D eigenvalue weighted by Crippen LogP contribution is 2.26. The number of guanidine groups is 1. The van der Waals surface area contributed by atoms with Crippen LogP contribution in [0.3, 0.4) is 0 Å².